The van der Waals surface area contributed by atoms with Crippen molar-refractivity contribution < 1.29 is 4.79 Å². The first kappa shape index (κ1) is 13.8. The van der Waals surface area contributed by atoms with E-state index < -0.39 is 0 Å². The molecule has 1 aliphatic rings. The van der Waals surface area contributed by atoms with Gasteiger partial charge in [-0.15, -0.1) is 0 Å². The Labute approximate surface area is 123 Å². The summed E-state index contributed by atoms with van der Waals surface area (Å²) >= 11 is 0. The van der Waals surface area contributed by atoms with Gasteiger partial charge in [-0.25, -0.2) is 4.98 Å². The molecule has 0 saturated carbocycles. The normalized spacial score (nSPS) is 18.5. The number of fused-ring (bicyclic) bond motifs is 1. The van der Waals surface area contributed by atoms with Crippen LogP contribution in [0.3, 0.4) is 0 Å². The lowest BCUT2D eigenvalue weighted by atomic mass is 10.2. The smallest absolute Gasteiger partial charge is 0.254 e. The zero-order valence-corrected chi connectivity index (χ0v) is 12.9. The van der Waals surface area contributed by atoms with Crippen LogP contribution in [0.1, 0.15) is 24.6 Å². The third-order valence-corrected chi connectivity index (χ3v) is 4.38. The molecule has 0 spiro atoms. The van der Waals surface area contributed by atoms with E-state index in [9.17, 15) is 4.79 Å². The van der Waals surface area contributed by atoms with Crippen LogP contribution in [0.15, 0.2) is 6.33 Å². The lowest BCUT2D eigenvalue weighted by Gasteiger charge is -2.25. The molecule has 7 nitrogen and oxygen atoms in total. The molecule has 1 amide bonds. The molecule has 0 N–H and O–H groups in total. The van der Waals surface area contributed by atoms with Crippen molar-refractivity contribution in [3.05, 3.63) is 17.6 Å². The van der Waals surface area contributed by atoms with E-state index in [1.165, 1.54) is 6.33 Å². The number of aromatic nitrogens is 4. The van der Waals surface area contributed by atoms with Crippen molar-refractivity contribution in [3.63, 3.8) is 0 Å². The van der Waals surface area contributed by atoms with Crippen molar-refractivity contribution in [3.8, 4) is 0 Å². The van der Waals surface area contributed by atoms with E-state index >= 15 is 0 Å². The molecule has 0 radical (unpaired) electrons. The van der Waals surface area contributed by atoms with Crippen LogP contribution < -0.4 is 4.90 Å². The Balaban J connectivity index is 1.97. The van der Waals surface area contributed by atoms with Gasteiger partial charge in [0.15, 0.2) is 0 Å². The largest absolute Gasteiger partial charge is 0.354 e. The van der Waals surface area contributed by atoms with E-state index in [-0.39, 0.29) is 11.9 Å². The highest BCUT2D eigenvalue weighted by molar-refractivity contribution is 5.73. The topological polar surface area (TPSA) is 66.6 Å². The summed E-state index contributed by atoms with van der Waals surface area (Å²) in [6.45, 7) is 7.38. The SMILES string of the molecule is CC(=O)N(C)C1CCN(c2c(C)c(C)nc3ncnn23)C1. The number of carbonyl (C=O) groups excluding carboxylic acids is 1. The van der Waals surface area contributed by atoms with Crippen molar-refractivity contribution in [2.45, 2.75) is 33.2 Å². The maximum absolute atomic E-state index is 11.5. The molecule has 1 saturated heterocycles. The molecule has 1 atom stereocenters. The average molecular weight is 288 g/mol. The zero-order chi connectivity index (χ0) is 15.1. The summed E-state index contributed by atoms with van der Waals surface area (Å²) in [5, 5.41) is 4.29. The molecule has 21 heavy (non-hydrogen) atoms. The van der Waals surface area contributed by atoms with Gasteiger partial charge in [-0.05, 0) is 20.3 Å². The van der Waals surface area contributed by atoms with Gasteiger partial charge >= 0.3 is 0 Å². The van der Waals surface area contributed by atoms with Gasteiger partial charge in [-0.1, -0.05) is 0 Å². The van der Waals surface area contributed by atoms with Gasteiger partial charge in [0.05, 0.1) is 6.04 Å². The van der Waals surface area contributed by atoms with Crippen molar-refractivity contribution in [1.82, 2.24) is 24.5 Å². The summed E-state index contributed by atoms with van der Waals surface area (Å²) in [5.41, 5.74) is 2.08. The summed E-state index contributed by atoms with van der Waals surface area (Å²) in [6.07, 6.45) is 2.49. The second-order valence-electron chi connectivity index (χ2n) is 5.64. The monoisotopic (exact) mass is 288 g/mol. The highest BCUT2D eigenvalue weighted by atomic mass is 16.2. The molecule has 3 rings (SSSR count). The first-order valence-electron chi connectivity index (χ1n) is 7.14. The first-order valence-corrected chi connectivity index (χ1v) is 7.14. The molecule has 2 aromatic heterocycles. The van der Waals surface area contributed by atoms with Gasteiger partial charge in [0, 0.05) is 38.3 Å². The molecule has 0 aliphatic carbocycles. The molecule has 1 unspecified atom stereocenters. The van der Waals surface area contributed by atoms with Crippen molar-refractivity contribution in [1.29, 1.82) is 0 Å². The zero-order valence-electron chi connectivity index (χ0n) is 12.9. The summed E-state index contributed by atoms with van der Waals surface area (Å²) in [5.74, 6) is 1.77. The van der Waals surface area contributed by atoms with Crippen LogP contribution in [0.5, 0.6) is 0 Å². The number of likely N-dealkylation sites (N-methyl/N-ethyl adjacent to an activating group) is 1. The number of nitrogens with zero attached hydrogens (tertiary/aromatic N) is 6. The Morgan fingerprint density at radius 3 is 2.90 bits per heavy atom. The number of hydrogen-bond donors (Lipinski definition) is 0. The van der Waals surface area contributed by atoms with Gasteiger partial charge in [0.25, 0.3) is 5.78 Å². The van der Waals surface area contributed by atoms with Crippen LogP contribution in [0.25, 0.3) is 5.78 Å². The minimum atomic E-state index is 0.107. The van der Waals surface area contributed by atoms with Gasteiger partial charge in [-0.3, -0.25) is 4.79 Å². The maximum atomic E-state index is 11.5. The van der Waals surface area contributed by atoms with Crippen LogP contribution >= 0.6 is 0 Å². The van der Waals surface area contributed by atoms with Crippen LogP contribution in [0.2, 0.25) is 0 Å². The minimum absolute atomic E-state index is 0.107. The van der Waals surface area contributed by atoms with Gasteiger partial charge in [0.2, 0.25) is 5.91 Å². The van der Waals surface area contributed by atoms with E-state index in [0.717, 1.165) is 36.6 Å². The fraction of sp³-hybridized carbons (Fsp3) is 0.571. The molecule has 0 aromatic carbocycles. The molecule has 0 bridgehead atoms. The van der Waals surface area contributed by atoms with E-state index in [4.69, 9.17) is 0 Å². The molecule has 1 aliphatic heterocycles. The van der Waals surface area contributed by atoms with Crippen LogP contribution in [0, 0.1) is 13.8 Å². The molecular weight excluding hydrogens is 268 g/mol. The predicted molar refractivity (Wildman–Crippen MR) is 79.3 cm³/mol. The first-order chi connectivity index (χ1) is 9.99. The van der Waals surface area contributed by atoms with Crippen molar-refractivity contribution >= 4 is 17.5 Å². The molecule has 112 valence electrons. The molecule has 3 heterocycles. The molecular formula is C14H20N6O. The summed E-state index contributed by atoms with van der Waals surface area (Å²) in [4.78, 5) is 24.3. The summed E-state index contributed by atoms with van der Waals surface area (Å²) < 4.78 is 1.79. The Bertz CT molecular complexity index is 694. The molecule has 1 fully saturated rings. The van der Waals surface area contributed by atoms with E-state index in [1.807, 2.05) is 18.9 Å². The van der Waals surface area contributed by atoms with Crippen LogP contribution in [-0.2, 0) is 4.79 Å². The highest BCUT2D eigenvalue weighted by Gasteiger charge is 2.30. The van der Waals surface area contributed by atoms with E-state index in [2.05, 4.69) is 26.9 Å². The molecule has 2 aromatic rings. The average Bonchev–Trinajstić information content (AvgIpc) is 3.08. The lowest BCUT2D eigenvalue weighted by Crippen LogP contribution is -2.38. The maximum Gasteiger partial charge on any atom is 0.254 e. The standard InChI is InChI=1S/C14H20N6O/c1-9-10(2)17-14-15-8-16-20(14)13(9)19-6-5-12(7-19)18(4)11(3)21/h8,12H,5-7H2,1-4H3. The summed E-state index contributed by atoms with van der Waals surface area (Å²) in [7, 11) is 1.87. The fourth-order valence-corrected chi connectivity index (χ4v) is 2.89. The predicted octanol–water partition coefficient (Wildman–Crippen LogP) is 0.798. The number of aryl methyl sites for hydroxylation is 1. The third kappa shape index (κ3) is 2.22. The Kier molecular flexibility index (Phi) is 3.27. The number of amides is 1. The quantitative estimate of drug-likeness (QED) is 0.817. The van der Waals surface area contributed by atoms with Crippen molar-refractivity contribution in [2.75, 3.05) is 25.0 Å². The van der Waals surface area contributed by atoms with E-state index in [0.29, 0.717) is 5.78 Å². The van der Waals surface area contributed by atoms with E-state index in [1.54, 1.807) is 11.4 Å². The van der Waals surface area contributed by atoms with Gasteiger partial charge in [-0.2, -0.15) is 14.6 Å². The van der Waals surface area contributed by atoms with Crippen molar-refractivity contribution in [2.24, 2.45) is 0 Å². The van der Waals surface area contributed by atoms with Gasteiger partial charge in [0.1, 0.15) is 12.1 Å². The third-order valence-electron chi connectivity index (χ3n) is 4.38. The Morgan fingerprint density at radius 1 is 1.43 bits per heavy atom. The Hall–Kier alpha value is -2.18. The Morgan fingerprint density at radius 2 is 2.19 bits per heavy atom. The minimum Gasteiger partial charge on any atom is -0.354 e. The number of anilines is 1. The van der Waals surface area contributed by atoms with Gasteiger partial charge < -0.3 is 9.80 Å². The summed E-state index contributed by atoms with van der Waals surface area (Å²) in [6, 6.07) is 0.244. The fourth-order valence-electron chi connectivity index (χ4n) is 2.89. The second kappa shape index (κ2) is 4.98. The highest BCUT2D eigenvalue weighted by Crippen LogP contribution is 2.27. The second-order valence-corrected chi connectivity index (χ2v) is 5.64. The number of rotatable bonds is 2. The number of carbonyl (C=O) groups is 1. The van der Waals surface area contributed by atoms with Crippen LogP contribution in [-0.4, -0.2) is 56.6 Å². The van der Waals surface area contributed by atoms with Crippen LogP contribution in [0.4, 0.5) is 5.82 Å². The lowest BCUT2D eigenvalue weighted by molar-refractivity contribution is -0.129. The number of hydrogen-bond acceptors (Lipinski definition) is 5. The molecule has 7 heteroatoms.